The summed E-state index contributed by atoms with van der Waals surface area (Å²) >= 11 is 0. The molecule has 2 aromatic carbocycles. The molecule has 0 unspecified atom stereocenters. The number of carbonyl (C=O) groups is 1. The summed E-state index contributed by atoms with van der Waals surface area (Å²) in [5, 5.41) is 16.5. The van der Waals surface area contributed by atoms with E-state index in [1.165, 1.54) is 0 Å². The number of aromatic hydroxyl groups is 1. The minimum Gasteiger partial charge on any atom is -0.508 e. The summed E-state index contributed by atoms with van der Waals surface area (Å²) in [6.07, 6.45) is 3.55. The first-order valence-corrected chi connectivity index (χ1v) is 8.89. The number of aromatic nitrogens is 2. The van der Waals surface area contributed by atoms with E-state index in [9.17, 15) is 9.90 Å². The molecule has 0 aliphatic carbocycles. The molecule has 0 saturated carbocycles. The predicted octanol–water partition coefficient (Wildman–Crippen LogP) is 3.80. The van der Waals surface area contributed by atoms with Gasteiger partial charge in [0.15, 0.2) is 0 Å². The summed E-state index contributed by atoms with van der Waals surface area (Å²) in [4.78, 5) is 14.7. The van der Waals surface area contributed by atoms with E-state index in [4.69, 9.17) is 0 Å². The molecule has 1 amide bonds. The summed E-state index contributed by atoms with van der Waals surface area (Å²) < 4.78 is 0. The van der Waals surface area contributed by atoms with E-state index in [0.29, 0.717) is 17.2 Å². The molecule has 0 atom stereocenters. The molecule has 5 nitrogen and oxygen atoms in total. The topological polar surface area (TPSA) is 69.2 Å². The van der Waals surface area contributed by atoms with E-state index >= 15 is 0 Å². The largest absolute Gasteiger partial charge is 0.508 e. The molecule has 0 bridgehead atoms. The van der Waals surface area contributed by atoms with Crippen molar-refractivity contribution in [3.63, 3.8) is 0 Å². The molecular formula is C21H21N3O2. The highest BCUT2D eigenvalue weighted by Crippen LogP contribution is 2.30. The molecular weight excluding hydrogens is 326 g/mol. The normalized spacial score (nSPS) is 15.2. The van der Waals surface area contributed by atoms with Gasteiger partial charge in [-0.2, -0.15) is 5.10 Å². The third-order valence-corrected chi connectivity index (χ3v) is 5.07. The first-order chi connectivity index (χ1) is 12.7. The van der Waals surface area contributed by atoms with E-state index < -0.39 is 0 Å². The van der Waals surface area contributed by atoms with Crippen LogP contribution < -0.4 is 0 Å². The van der Waals surface area contributed by atoms with Gasteiger partial charge in [-0.15, -0.1) is 0 Å². The van der Waals surface area contributed by atoms with E-state index in [1.807, 2.05) is 47.4 Å². The van der Waals surface area contributed by atoms with Crippen LogP contribution >= 0.6 is 0 Å². The lowest BCUT2D eigenvalue weighted by molar-refractivity contribution is 0.0713. The van der Waals surface area contributed by atoms with Gasteiger partial charge >= 0.3 is 0 Å². The molecule has 4 rings (SSSR count). The maximum absolute atomic E-state index is 12.8. The van der Waals surface area contributed by atoms with Crippen molar-refractivity contribution in [2.24, 2.45) is 0 Å². The second-order valence-corrected chi connectivity index (χ2v) is 6.71. The fraction of sp³-hybridized carbons (Fsp3) is 0.238. The molecule has 3 aromatic rings. The van der Waals surface area contributed by atoms with Gasteiger partial charge in [-0.05, 0) is 60.2 Å². The first kappa shape index (κ1) is 16.4. The SMILES string of the molecule is O=C(c1ccc(-c2ccn[nH]2)cc1)N1CCC(c2cccc(O)c2)CC1. The predicted molar refractivity (Wildman–Crippen MR) is 100 cm³/mol. The number of hydrogen-bond donors (Lipinski definition) is 2. The number of nitrogens with one attached hydrogen (secondary N) is 1. The Morgan fingerprint density at radius 2 is 1.85 bits per heavy atom. The van der Waals surface area contributed by atoms with Crippen molar-refractivity contribution in [1.29, 1.82) is 0 Å². The fourth-order valence-corrected chi connectivity index (χ4v) is 3.59. The lowest BCUT2D eigenvalue weighted by Gasteiger charge is -2.32. The van der Waals surface area contributed by atoms with Gasteiger partial charge < -0.3 is 10.0 Å². The van der Waals surface area contributed by atoms with Crippen molar-refractivity contribution in [1.82, 2.24) is 15.1 Å². The summed E-state index contributed by atoms with van der Waals surface area (Å²) in [7, 11) is 0. The lowest BCUT2D eigenvalue weighted by atomic mass is 9.89. The van der Waals surface area contributed by atoms with E-state index in [2.05, 4.69) is 16.3 Å². The van der Waals surface area contributed by atoms with Crippen LogP contribution in [0.4, 0.5) is 0 Å². The van der Waals surface area contributed by atoms with Crippen LogP contribution in [0.25, 0.3) is 11.3 Å². The van der Waals surface area contributed by atoms with Crippen LogP contribution in [0.2, 0.25) is 0 Å². The molecule has 1 aromatic heterocycles. The summed E-state index contributed by atoms with van der Waals surface area (Å²) in [5.41, 5.74) is 3.82. The van der Waals surface area contributed by atoms with Crippen molar-refractivity contribution in [3.05, 3.63) is 71.9 Å². The van der Waals surface area contributed by atoms with E-state index in [1.54, 1.807) is 12.3 Å². The third kappa shape index (κ3) is 3.33. The highest BCUT2D eigenvalue weighted by Gasteiger charge is 2.24. The van der Waals surface area contributed by atoms with Gasteiger partial charge in [0.05, 0.1) is 5.69 Å². The number of piperidine rings is 1. The van der Waals surface area contributed by atoms with Gasteiger partial charge in [-0.3, -0.25) is 9.89 Å². The number of carbonyl (C=O) groups excluding carboxylic acids is 1. The van der Waals surface area contributed by atoms with Crippen LogP contribution in [0, 0.1) is 0 Å². The summed E-state index contributed by atoms with van der Waals surface area (Å²) in [6.45, 7) is 1.48. The average molecular weight is 347 g/mol. The minimum absolute atomic E-state index is 0.0792. The first-order valence-electron chi connectivity index (χ1n) is 8.89. The Bertz CT molecular complexity index is 880. The smallest absolute Gasteiger partial charge is 0.253 e. The average Bonchev–Trinajstić information content (AvgIpc) is 3.23. The number of rotatable bonds is 3. The van der Waals surface area contributed by atoms with Crippen LogP contribution in [0.15, 0.2) is 60.8 Å². The number of H-pyrrole nitrogens is 1. The maximum Gasteiger partial charge on any atom is 0.253 e. The Hall–Kier alpha value is -3.08. The lowest BCUT2D eigenvalue weighted by Crippen LogP contribution is -2.37. The summed E-state index contributed by atoms with van der Waals surface area (Å²) in [5.74, 6) is 0.780. The Morgan fingerprint density at radius 3 is 2.50 bits per heavy atom. The number of hydrogen-bond acceptors (Lipinski definition) is 3. The quantitative estimate of drug-likeness (QED) is 0.757. The molecule has 5 heteroatoms. The zero-order chi connectivity index (χ0) is 17.9. The zero-order valence-corrected chi connectivity index (χ0v) is 14.4. The number of aromatic amines is 1. The maximum atomic E-state index is 12.8. The molecule has 2 N–H and O–H groups in total. The Kier molecular flexibility index (Phi) is 4.44. The minimum atomic E-state index is 0.0792. The second-order valence-electron chi connectivity index (χ2n) is 6.71. The number of nitrogens with zero attached hydrogens (tertiary/aromatic N) is 2. The molecule has 0 radical (unpaired) electrons. The van der Waals surface area contributed by atoms with Crippen molar-refractivity contribution in [2.75, 3.05) is 13.1 Å². The second kappa shape index (κ2) is 7.04. The van der Waals surface area contributed by atoms with Crippen molar-refractivity contribution in [2.45, 2.75) is 18.8 Å². The van der Waals surface area contributed by atoms with Crippen LogP contribution in [0.3, 0.4) is 0 Å². The van der Waals surface area contributed by atoms with Crippen LogP contribution in [0.1, 0.15) is 34.7 Å². The van der Waals surface area contributed by atoms with Gasteiger partial charge in [0.1, 0.15) is 5.75 Å². The molecule has 1 fully saturated rings. The van der Waals surface area contributed by atoms with Crippen molar-refractivity contribution in [3.8, 4) is 17.0 Å². The van der Waals surface area contributed by atoms with Gasteiger partial charge in [-0.1, -0.05) is 24.3 Å². The number of phenols is 1. The monoisotopic (exact) mass is 347 g/mol. The van der Waals surface area contributed by atoms with Crippen LogP contribution in [0.5, 0.6) is 5.75 Å². The van der Waals surface area contributed by atoms with Gasteiger partial charge in [0.25, 0.3) is 5.91 Å². The molecule has 2 heterocycles. The number of benzene rings is 2. The number of likely N-dealkylation sites (tertiary alicyclic amines) is 1. The highest BCUT2D eigenvalue weighted by molar-refractivity contribution is 5.94. The Balaban J connectivity index is 1.40. The third-order valence-electron chi connectivity index (χ3n) is 5.07. The Morgan fingerprint density at radius 1 is 1.08 bits per heavy atom. The highest BCUT2D eigenvalue weighted by atomic mass is 16.3. The molecule has 132 valence electrons. The standard InChI is InChI=1S/C21H21N3O2/c25-19-3-1-2-18(14-19)15-9-12-24(13-10-15)21(26)17-6-4-16(5-7-17)20-8-11-22-23-20/h1-8,11,14-15,25H,9-10,12-13H2,(H,22,23). The Labute approximate surface area is 152 Å². The summed E-state index contributed by atoms with van der Waals surface area (Å²) in [6, 6.07) is 17.0. The van der Waals surface area contributed by atoms with Crippen molar-refractivity contribution >= 4 is 5.91 Å². The van der Waals surface area contributed by atoms with Gasteiger partial charge in [0.2, 0.25) is 0 Å². The molecule has 1 saturated heterocycles. The van der Waals surface area contributed by atoms with E-state index in [-0.39, 0.29) is 5.91 Å². The number of amides is 1. The van der Waals surface area contributed by atoms with Crippen LogP contribution in [-0.4, -0.2) is 39.2 Å². The van der Waals surface area contributed by atoms with Gasteiger partial charge in [-0.25, -0.2) is 0 Å². The zero-order valence-electron chi connectivity index (χ0n) is 14.4. The van der Waals surface area contributed by atoms with Gasteiger partial charge in [0, 0.05) is 24.8 Å². The molecule has 1 aliphatic heterocycles. The van der Waals surface area contributed by atoms with Crippen LogP contribution in [-0.2, 0) is 0 Å². The molecule has 26 heavy (non-hydrogen) atoms. The number of phenolic OH excluding ortho intramolecular Hbond substituents is 1. The van der Waals surface area contributed by atoms with E-state index in [0.717, 1.165) is 42.8 Å². The molecule has 0 spiro atoms. The van der Waals surface area contributed by atoms with Crippen molar-refractivity contribution < 1.29 is 9.90 Å². The molecule has 1 aliphatic rings. The fourth-order valence-electron chi connectivity index (χ4n) is 3.59.